The summed E-state index contributed by atoms with van der Waals surface area (Å²) >= 11 is 1.71. The zero-order chi connectivity index (χ0) is 19.2. The largest absolute Gasteiger partial charge is 0.357 e. The summed E-state index contributed by atoms with van der Waals surface area (Å²) in [6, 6.07) is 10.4. The first-order valence-electron chi connectivity index (χ1n) is 9.14. The molecular formula is C20H26N6S. The van der Waals surface area contributed by atoms with E-state index in [0.717, 1.165) is 28.9 Å². The van der Waals surface area contributed by atoms with E-state index in [1.165, 1.54) is 10.4 Å². The molecule has 0 spiro atoms. The molecule has 0 aliphatic rings. The number of thiazole rings is 1. The van der Waals surface area contributed by atoms with Gasteiger partial charge in [0.1, 0.15) is 5.01 Å². The normalized spacial score (nSPS) is 12.8. The zero-order valence-electron chi connectivity index (χ0n) is 16.2. The van der Waals surface area contributed by atoms with E-state index in [4.69, 9.17) is 4.99 Å². The van der Waals surface area contributed by atoms with Crippen molar-refractivity contribution >= 4 is 17.3 Å². The fraction of sp³-hybridized carbons (Fsp3) is 0.350. The summed E-state index contributed by atoms with van der Waals surface area (Å²) in [7, 11) is 0. The van der Waals surface area contributed by atoms with E-state index in [0.29, 0.717) is 6.54 Å². The van der Waals surface area contributed by atoms with E-state index in [2.05, 4.69) is 65.8 Å². The molecule has 0 amide bonds. The first-order valence-corrected chi connectivity index (χ1v) is 9.96. The monoisotopic (exact) mass is 382 g/mol. The number of aromatic nitrogens is 3. The molecule has 2 N–H and O–H groups in total. The minimum atomic E-state index is 0.109. The summed E-state index contributed by atoms with van der Waals surface area (Å²) in [5.74, 6) is 0.792. The van der Waals surface area contributed by atoms with Gasteiger partial charge >= 0.3 is 0 Å². The average Bonchev–Trinajstić information content (AvgIpc) is 3.30. The zero-order valence-corrected chi connectivity index (χ0v) is 17.0. The molecule has 7 heteroatoms. The molecule has 0 fully saturated rings. The van der Waals surface area contributed by atoms with Crippen LogP contribution in [0.4, 0.5) is 0 Å². The molecule has 2 aromatic heterocycles. The Bertz CT molecular complexity index is 878. The maximum atomic E-state index is 4.70. The molecule has 3 rings (SSSR count). The van der Waals surface area contributed by atoms with Gasteiger partial charge in [-0.15, -0.1) is 11.3 Å². The van der Waals surface area contributed by atoms with Gasteiger partial charge in [-0.25, -0.2) is 14.7 Å². The Hall–Kier alpha value is -2.67. The van der Waals surface area contributed by atoms with Gasteiger partial charge in [-0.3, -0.25) is 0 Å². The minimum absolute atomic E-state index is 0.109. The molecule has 27 heavy (non-hydrogen) atoms. The summed E-state index contributed by atoms with van der Waals surface area (Å²) in [5, 5.41) is 12.1. The van der Waals surface area contributed by atoms with Crippen LogP contribution in [0.15, 0.2) is 47.7 Å². The van der Waals surface area contributed by atoms with E-state index >= 15 is 0 Å². The van der Waals surface area contributed by atoms with Gasteiger partial charge in [-0.1, -0.05) is 12.1 Å². The van der Waals surface area contributed by atoms with Crippen LogP contribution in [0.3, 0.4) is 0 Å². The van der Waals surface area contributed by atoms with E-state index in [-0.39, 0.29) is 6.04 Å². The van der Waals surface area contributed by atoms with Crippen molar-refractivity contribution < 1.29 is 0 Å². The summed E-state index contributed by atoms with van der Waals surface area (Å²) in [6.07, 6.45) is 3.73. The Morgan fingerprint density at radius 1 is 1.30 bits per heavy atom. The Morgan fingerprint density at radius 3 is 2.81 bits per heavy atom. The van der Waals surface area contributed by atoms with Crippen molar-refractivity contribution in [3.63, 3.8) is 0 Å². The smallest absolute Gasteiger partial charge is 0.192 e. The lowest BCUT2D eigenvalue weighted by Crippen LogP contribution is -2.38. The van der Waals surface area contributed by atoms with Gasteiger partial charge in [0.2, 0.25) is 0 Å². The highest BCUT2D eigenvalue weighted by Gasteiger charge is 2.10. The third-order valence-electron chi connectivity index (χ3n) is 4.28. The topological polar surface area (TPSA) is 67.1 Å². The number of hydrogen-bond acceptors (Lipinski definition) is 4. The predicted molar refractivity (Wildman–Crippen MR) is 112 cm³/mol. The summed E-state index contributed by atoms with van der Waals surface area (Å²) in [6.45, 7) is 9.72. The highest BCUT2D eigenvalue weighted by atomic mass is 32.1. The van der Waals surface area contributed by atoms with Gasteiger partial charge in [-0.05, 0) is 51.5 Å². The number of nitrogens with zero attached hydrogens (tertiary/aromatic N) is 4. The number of aryl methyl sites for hydroxylation is 2. The molecule has 1 aromatic carbocycles. The molecule has 0 saturated heterocycles. The third kappa shape index (κ3) is 4.95. The quantitative estimate of drug-likeness (QED) is 0.503. The molecule has 1 atom stereocenters. The Kier molecular flexibility index (Phi) is 6.24. The van der Waals surface area contributed by atoms with Gasteiger partial charge in [0.25, 0.3) is 0 Å². The minimum Gasteiger partial charge on any atom is -0.357 e. The highest BCUT2D eigenvalue weighted by molar-refractivity contribution is 7.11. The molecule has 3 aromatic rings. The first kappa shape index (κ1) is 19.1. The number of rotatable bonds is 6. The van der Waals surface area contributed by atoms with Gasteiger partial charge < -0.3 is 10.6 Å². The van der Waals surface area contributed by atoms with E-state index < -0.39 is 0 Å². The van der Waals surface area contributed by atoms with Crippen molar-refractivity contribution in [3.05, 3.63) is 63.9 Å². The number of guanidine groups is 1. The van der Waals surface area contributed by atoms with Crippen LogP contribution in [0, 0.1) is 13.8 Å². The van der Waals surface area contributed by atoms with Crippen LogP contribution in [-0.2, 0) is 6.54 Å². The number of nitrogens with one attached hydrogen (secondary N) is 2. The van der Waals surface area contributed by atoms with Crippen LogP contribution in [0.25, 0.3) is 5.69 Å². The SMILES string of the molecule is CCNC(=NCc1nc(C)c(C)s1)NC(C)c1cccc(-n2cccn2)c1. The first-order chi connectivity index (χ1) is 13.1. The lowest BCUT2D eigenvalue weighted by atomic mass is 10.1. The van der Waals surface area contributed by atoms with Crippen LogP contribution in [-0.4, -0.2) is 27.3 Å². The van der Waals surface area contributed by atoms with Crippen molar-refractivity contribution in [1.82, 2.24) is 25.4 Å². The third-order valence-corrected chi connectivity index (χ3v) is 5.34. The number of benzene rings is 1. The highest BCUT2D eigenvalue weighted by Crippen LogP contribution is 2.18. The Morgan fingerprint density at radius 2 is 2.15 bits per heavy atom. The molecule has 6 nitrogen and oxygen atoms in total. The fourth-order valence-electron chi connectivity index (χ4n) is 2.72. The van der Waals surface area contributed by atoms with E-state index in [9.17, 15) is 0 Å². The lowest BCUT2D eigenvalue weighted by molar-refractivity contribution is 0.684. The van der Waals surface area contributed by atoms with Crippen molar-refractivity contribution in [2.24, 2.45) is 4.99 Å². The summed E-state index contributed by atoms with van der Waals surface area (Å²) < 4.78 is 1.86. The van der Waals surface area contributed by atoms with Gasteiger partial charge in [0.05, 0.1) is 24.0 Å². The number of aliphatic imine (C=N–C) groups is 1. The van der Waals surface area contributed by atoms with Crippen LogP contribution in [0.5, 0.6) is 0 Å². The lowest BCUT2D eigenvalue weighted by Gasteiger charge is -2.18. The van der Waals surface area contributed by atoms with Crippen LogP contribution in [0.2, 0.25) is 0 Å². The Labute approximate surface area is 164 Å². The second-order valence-electron chi connectivity index (χ2n) is 6.36. The maximum absolute atomic E-state index is 4.70. The van der Waals surface area contributed by atoms with Crippen LogP contribution < -0.4 is 10.6 Å². The molecule has 1 unspecified atom stereocenters. The van der Waals surface area contributed by atoms with Crippen molar-refractivity contribution in [3.8, 4) is 5.69 Å². The molecule has 0 aliphatic heterocycles. The standard InChI is InChI=1S/C20H26N6S/c1-5-21-20(22-13-19-24-14(2)16(4)27-19)25-15(3)17-8-6-9-18(12-17)26-11-7-10-23-26/h6-12,15H,5,13H2,1-4H3,(H2,21,22,25). The predicted octanol–water partition coefficient (Wildman–Crippen LogP) is 3.76. The maximum Gasteiger partial charge on any atom is 0.192 e. The second-order valence-corrected chi connectivity index (χ2v) is 7.64. The summed E-state index contributed by atoms with van der Waals surface area (Å²) in [4.78, 5) is 10.5. The van der Waals surface area contributed by atoms with Crippen LogP contribution >= 0.6 is 11.3 Å². The van der Waals surface area contributed by atoms with Crippen LogP contribution in [0.1, 0.15) is 41.0 Å². The molecule has 0 bridgehead atoms. The molecule has 142 valence electrons. The fourth-order valence-corrected chi connectivity index (χ4v) is 3.58. The summed E-state index contributed by atoms with van der Waals surface area (Å²) in [5.41, 5.74) is 3.31. The Balaban J connectivity index is 1.72. The molecular weight excluding hydrogens is 356 g/mol. The average molecular weight is 383 g/mol. The van der Waals surface area contributed by atoms with Gasteiger partial charge in [0, 0.05) is 23.8 Å². The molecule has 0 radical (unpaired) electrons. The van der Waals surface area contributed by atoms with Crippen molar-refractivity contribution in [2.75, 3.05) is 6.54 Å². The van der Waals surface area contributed by atoms with E-state index in [1.54, 1.807) is 17.5 Å². The molecule has 0 saturated carbocycles. The van der Waals surface area contributed by atoms with Gasteiger partial charge in [-0.2, -0.15) is 5.10 Å². The van der Waals surface area contributed by atoms with E-state index in [1.807, 2.05) is 23.9 Å². The van der Waals surface area contributed by atoms with Gasteiger partial charge in [0.15, 0.2) is 5.96 Å². The number of hydrogen-bond donors (Lipinski definition) is 2. The molecule has 2 heterocycles. The van der Waals surface area contributed by atoms with Crippen molar-refractivity contribution in [1.29, 1.82) is 0 Å². The van der Waals surface area contributed by atoms with Crippen molar-refractivity contribution in [2.45, 2.75) is 40.3 Å². The molecule has 0 aliphatic carbocycles. The second kappa shape index (κ2) is 8.81.